The van der Waals surface area contributed by atoms with E-state index < -0.39 is 0 Å². The van der Waals surface area contributed by atoms with Crippen LogP contribution in [0.3, 0.4) is 0 Å². The Balaban J connectivity index is 1.39. The van der Waals surface area contributed by atoms with Crippen molar-refractivity contribution >= 4 is 17.4 Å². The van der Waals surface area contributed by atoms with Crippen molar-refractivity contribution in [2.45, 2.75) is 33.6 Å². The minimum Gasteiger partial charge on any atom is -0.494 e. The zero-order valence-corrected chi connectivity index (χ0v) is 17.6. The molecule has 1 saturated heterocycles. The number of piperazine rings is 1. The van der Waals surface area contributed by atoms with Crippen molar-refractivity contribution in [3.63, 3.8) is 0 Å². The van der Waals surface area contributed by atoms with Gasteiger partial charge in [-0.05, 0) is 68.7 Å². The summed E-state index contributed by atoms with van der Waals surface area (Å²) in [5.74, 6) is 0.963. The summed E-state index contributed by atoms with van der Waals surface area (Å²) in [4.78, 5) is 28.1. The summed E-state index contributed by atoms with van der Waals surface area (Å²) in [6.07, 6.45) is 1.18. The van der Waals surface area contributed by atoms with E-state index in [0.29, 0.717) is 25.0 Å². The molecule has 1 heterocycles. The van der Waals surface area contributed by atoms with Crippen LogP contribution in [0.1, 0.15) is 41.3 Å². The van der Waals surface area contributed by atoms with Crippen molar-refractivity contribution in [2.75, 3.05) is 37.7 Å². The lowest BCUT2D eigenvalue weighted by molar-refractivity contribution is -0.131. The fourth-order valence-electron chi connectivity index (χ4n) is 3.63. The number of carbonyl (C=O) groups excluding carboxylic acids is 2. The van der Waals surface area contributed by atoms with Crippen LogP contribution < -0.4 is 9.64 Å². The number of amides is 1. The zero-order chi connectivity index (χ0) is 20.8. The summed E-state index contributed by atoms with van der Waals surface area (Å²) in [6.45, 7) is 9.61. The quantitative estimate of drug-likeness (QED) is 0.526. The lowest BCUT2D eigenvalue weighted by atomic mass is 10.1. The van der Waals surface area contributed by atoms with E-state index in [1.54, 1.807) is 31.2 Å². The molecule has 154 valence electrons. The molecule has 0 unspecified atom stereocenters. The van der Waals surface area contributed by atoms with Gasteiger partial charge >= 0.3 is 0 Å². The molecule has 1 aliphatic heterocycles. The average Bonchev–Trinajstić information content (AvgIpc) is 2.73. The second-order valence-electron chi connectivity index (χ2n) is 7.62. The van der Waals surface area contributed by atoms with Gasteiger partial charge in [0.25, 0.3) is 0 Å². The third-order valence-electron chi connectivity index (χ3n) is 5.61. The highest BCUT2D eigenvalue weighted by atomic mass is 16.5. The van der Waals surface area contributed by atoms with Crippen molar-refractivity contribution in [3.8, 4) is 5.75 Å². The highest BCUT2D eigenvalue weighted by molar-refractivity contribution is 5.94. The van der Waals surface area contributed by atoms with E-state index in [1.165, 1.54) is 16.8 Å². The molecule has 0 radical (unpaired) electrons. The van der Waals surface area contributed by atoms with Crippen LogP contribution in [0.25, 0.3) is 0 Å². The van der Waals surface area contributed by atoms with Gasteiger partial charge in [0.15, 0.2) is 5.78 Å². The minimum absolute atomic E-state index is 0.0415. The Hall–Kier alpha value is -2.82. The summed E-state index contributed by atoms with van der Waals surface area (Å²) in [7, 11) is 0. The smallest absolute Gasteiger partial charge is 0.222 e. The van der Waals surface area contributed by atoms with Crippen LogP contribution in [0.2, 0.25) is 0 Å². The fourth-order valence-corrected chi connectivity index (χ4v) is 3.63. The maximum atomic E-state index is 12.5. The zero-order valence-electron chi connectivity index (χ0n) is 17.6. The Kier molecular flexibility index (Phi) is 6.91. The largest absolute Gasteiger partial charge is 0.494 e. The van der Waals surface area contributed by atoms with Crippen LogP contribution in [0.15, 0.2) is 42.5 Å². The monoisotopic (exact) mass is 394 g/mol. The van der Waals surface area contributed by atoms with Crippen LogP contribution in [0.5, 0.6) is 5.75 Å². The lowest BCUT2D eigenvalue weighted by Gasteiger charge is -2.37. The molecule has 0 spiro atoms. The predicted molar refractivity (Wildman–Crippen MR) is 116 cm³/mol. The number of nitrogens with zero attached hydrogens (tertiary/aromatic N) is 2. The molecule has 0 aromatic heterocycles. The van der Waals surface area contributed by atoms with Crippen molar-refractivity contribution in [2.24, 2.45) is 0 Å². The Bertz CT molecular complexity index is 853. The maximum absolute atomic E-state index is 12.5. The van der Waals surface area contributed by atoms with Crippen molar-refractivity contribution in [1.29, 1.82) is 0 Å². The van der Waals surface area contributed by atoms with Gasteiger partial charge in [0.05, 0.1) is 6.61 Å². The molecule has 0 saturated carbocycles. The summed E-state index contributed by atoms with van der Waals surface area (Å²) < 4.78 is 5.69. The van der Waals surface area contributed by atoms with E-state index in [0.717, 1.165) is 31.9 Å². The van der Waals surface area contributed by atoms with Gasteiger partial charge in [-0.3, -0.25) is 9.59 Å². The first kappa shape index (κ1) is 20.9. The van der Waals surface area contributed by atoms with Crippen molar-refractivity contribution in [3.05, 3.63) is 59.2 Å². The standard InChI is InChI=1S/C24H30N2O3/c1-18-6-4-7-23(19(18)2)25-13-15-26(16-14-25)24(28)8-5-17-29-22-11-9-21(10-12-22)20(3)27/h4,6-7,9-12H,5,8,13-17H2,1-3H3. The molecule has 0 N–H and O–H groups in total. The van der Waals surface area contributed by atoms with Crippen LogP contribution in [-0.4, -0.2) is 49.4 Å². The van der Waals surface area contributed by atoms with Gasteiger partial charge in [-0.1, -0.05) is 12.1 Å². The number of rotatable bonds is 7. The van der Waals surface area contributed by atoms with E-state index in [-0.39, 0.29) is 11.7 Å². The number of ketones is 1. The third-order valence-corrected chi connectivity index (χ3v) is 5.61. The second kappa shape index (κ2) is 9.59. The number of ether oxygens (including phenoxy) is 1. The first-order chi connectivity index (χ1) is 14.0. The van der Waals surface area contributed by atoms with Gasteiger partial charge in [0.1, 0.15) is 5.75 Å². The summed E-state index contributed by atoms with van der Waals surface area (Å²) in [5, 5.41) is 0. The Morgan fingerprint density at radius 1 is 0.966 bits per heavy atom. The topological polar surface area (TPSA) is 49.9 Å². The Morgan fingerprint density at radius 3 is 2.31 bits per heavy atom. The Labute approximate surface area is 173 Å². The number of hydrogen-bond acceptors (Lipinski definition) is 4. The third kappa shape index (κ3) is 5.37. The van der Waals surface area contributed by atoms with E-state index in [9.17, 15) is 9.59 Å². The molecule has 2 aromatic rings. The molecular weight excluding hydrogens is 364 g/mol. The second-order valence-corrected chi connectivity index (χ2v) is 7.62. The van der Waals surface area contributed by atoms with Gasteiger partial charge in [-0.25, -0.2) is 0 Å². The minimum atomic E-state index is 0.0415. The fraction of sp³-hybridized carbons (Fsp3) is 0.417. The normalized spacial score (nSPS) is 14.0. The molecule has 5 nitrogen and oxygen atoms in total. The summed E-state index contributed by atoms with van der Waals surface area (Å²) >= 11 is 0. The SMILES string of the molecule is CC(=O)c1ccc(OCCCC(=O)N2CCN(c3cccc(C)c3C)CC2)cc1. The average molecular weight is 395 g/mol. The number of anilines is 1. The highest BCUT2D eigenvalue weighted by Gasteiger charge is 2.22. The maximum Gasteiger partial charge on any atom is 0.222 e. The van der Waals surface area contributed by atoms with E-state index in [2.05, 4.69) is 36.9 Å². The van der Waals surface area contributed by atoms with Gasteiger partial charge in [0, 0.05) is 43.9 Å². The molecular formula is C24H30N2O3. The highest BCUT2D eigenvalue weighted by Crippen LogP contribution is 2.24. The molecule has 29 heavy (non-hydrogen) atoms. The summed E-state index contributed by atoms with van der Waals surface area (Å²) in [5.41, 5.74) is 4.58. The van der Waals surface area contributed by atoms with E-state index in [4.69, 9.17) is 4.74 Å². The number of aryl methyl sites for hydroxylation is 1. The van der Waals surface area contributed by atoms with Gasteiger partial charge in [-0.2, -0.15) is 0 Å². The number of carbonyl (C=O) groups is 2. The first-order valence-electron chi connectivity index (χ1n) is 10.3. The van der Waals surface area contributed by atoms with Gasteiger partial charge in [0.2, 0.25) is 5.91 Å². The van der Waals surface area contributed by atoms with Crippen LogP contribution >= 0.6 is 0 Å². The van der Waals surface area contributed by atoms with Crippen LogP contribution in [-0.2, 0) is 4.79 Å². The molecule has 1 aliphatic rings. The van der Waals surface area contributed by atoms with Crippen molar-refractivity contribution < 1.29 is 14.3 Å². The number of benzene rings is 2. The van der Waals surface area contributed by atoms with Crippen LogP contribution in [0.4, 0.5) is 5.69 Å². The number of Topliss-reactive ketones (excluding diaryl/α,β-unsaturated/α-hetero) is 1. The first-order valence-corrected chi connectivity index (χ1v) is 10.3. The van der Waals surface area contributed by atoms with Gasteiger partial charge < -0.3 is 14.5 Å². The summed E-state index contributed by atoms with van der Waals surface area (Å²) in [6, 6.07) is 13.5. The molecule has 0 aliphatic carbocycles. The molecule has 2 aromatic carbocycles. The molecule has 1 fully saturated rings. The lowest BCUT2D eigenvalue weighted by Crippen LogP contribution is -2.49. The van der Waals surface area contributed by atoms with Gasteiger partial charge in [-0.15, -0.1) is 0 Å². The predicted octanol–water partition coefficient (Wildman–Crippen LogP) is 4.01. The van der Waals surface area contributed by atoms with E-state index >= 15 is 0 Å². The molecule has 5 heteroatoms. The molecule has 3 rings (SSSR count). The molecule has 1 amide bonds. The van der Waals surface area contributed by atoms with Crippen LogP contribution in [0, 0.1) is 13.8 Å². The number of hydrogen-bond donors (Lipinski definition) is 0. The van der Waals surface area contributed by atoms with Crippen molar-refractivity contribution in [1.82, 2.24) is 4.90 Å². The molecule has 0 atom stereocenters. The Morgan fingerprint density at radius 2 is 1.66 bits per heavy atom. The molecule has 0 bridgehead atoms. The van der Waals surface area contributed by atoms with E-state index in [1.807, 2.05) is 4.90 Å².